The number of hydrogen-bond acceptors (Lipinski definition) is 4. The van der Waals surface area contributed by atoms with Gasteiger partial charge in [-0.25, -0.2) is 9.97 Å². The molecule has 0 aliphatic carbocycles. The first-order chi connectivity index (χ1) is 12.9. The zero-order chi connectivity index (χ0) is 17.3. The third-order valence-corrected chi connectivity index (χ3v) is 4.46. The minimum absolute atomic E-state index is 0.891. The van der Waals surface area contributed by atoms with E-state index in [4.69, 9.17) is 9.97 Å². The van der Waals surface area contributed by atoms with Gasteiger partial charge < -0.3 is 0 Å². The Labute approximate surface area is 150 Å². The molecular formula is C22H14N4. The Bertz CT molecular complexity index is 1120. The Morgan fingerprint density at radius 1 is 0.385 bits per heavy atom. The molecule has 122 valence electrons. The van der Waals surface area contributed by atoms with Crippen LogP contribution in [0.2, 0.25) is 0 Å². The van der Waals surface area contributed by atoms with E-state index in [1.54, 1.807) is 24.8 Å². The molecule has 0 amide bonds. The monoisotopic (exact) mass is 334 g/mol. The Hall–Kier alpha value is -3.66. The molecular weight excluding hydrogens is 320 g/mol. The molecule has 0 saturated carbocycles. The van der Waals surface area contributed by atoms with Gasteiger partial charge in [-0.15, -0.1) is 0 Å². The standard InChI is InChI=1S/C22H14N4/c1-3-19-21(13-17(1)15-5-9-23-10-6-15)26-20-4-2-18(14-22(20)25-19)16-7-11-24-12-8-16/h1-14H. The molecule has 0 radical (unpaired) electrons. The van der Waals surface area contributed by atoms with Gasteiger partial charge in [-0.3, -0.25) is 9.97 Å². The van der Waals surface area contributed by atoms with Gasteiger partial charge in [-0.2, -0.15) is 0 Å². The molecule has 0 saturated heterocycles. The van der Waals surface area contributed by atoms with Gasteiger partial charge in [0.15, 0.2) is 0 Å². The number of benzene rings is 2. The highest BCUT2D eigenvalue weighted by Gasteiger charge is 2.06. The highest BCUT2D eigenvalue weighted by atomic mass is 14.8. The third kappa shape index (κ3) is 2.58. The molecule has 0 N–H and O–H groups in total. The van der Waals surface area contributed by atoms with Gasteiger partial charge in [0.05, 0.1) is 22.1 Å². The predicted octanol–water partition coefficient (Wildman–Crippen LogP) is 4.91. The van der Waals surface area contributed by atoms with Crippen LogP contribution in [0.5, 0.6) is 0 Å². The van der Waals surface area contributed by atoms with E-state index in [0.29, 0.717) is 0 Å². The van der Waals surface area contributed by atoms with E-state index < -0.39 is 0 Å². The molecule has 5 aromatic rings. The summed E-state index contributed by atoms with van der Waals surface area (Å²) in [5.74, 6) is 0. The molecule has 4 heteroatoms. The minimum Gasteiger partial charge on any atom is -0.265 e. The van der Waals surface area contributed by atoms with Crippen molar-refractivity contribution in [2.24, 2.45) is 0 Å². The van der Waals surface area contributed by atoms with Crippen molar-refractivity contribution in [2.75, 3.05) is 0 Å². The van der Waals surface area contributed by atoms with Crippen LogP contribution >= 0.6 is 0 Å². The summed E-state index contributed by atoms with van der Waals surface area (Å²) >= 11 is 0. The van der Waals surface area contributed by atoms with Crippen LogP contribution in [0.25, 0.3) is 44.3 Å². The number of nitrogens with zero attached hydrogens (tertiary/aromatic N) is 4. The first kappa shape index (κ1) is 14.7. The highest BCUT2D eigenvalue weighted by molar-refractivity contribution is 5.90. The van der Waals surface area contributed by atoms with Crippen LogP contribution in [0, 0.1) is 0 Å². The fraction of sp³-hybridized carbons (Fsp3) is 0. The lowest BCUT2D eigenvalue weighted by Crippen LogP contribution is -1.89. The summed E-state index contributed by atoms with van der Waals surface area (Å²) in [5.41, 5.74) is 8.04. The van der Waals surface area contributed by atoms with Crippen molar-refractivity contribution in [1.29, 1.82) is 0 Å². The maximum Gasteiger partial charge on any atom is 0.0900 e. The van der Waals surface area contributed by atoms with Crippen LogP contribution in [-0.4, -0.2) is 19.9 Å². The molecule has 5 rings (SSSR count). The van der Waals surface area contributed by atoms with Crippen LogP contribution < -0.4 is 0 Å². The summed E-state index contributed by atoms with van der Waals surface area (Å²) in [6.07, 6.45) is 7.19. The predicted molar refractivity (Wildman–Crippen MR) is 104 cm³/mol. The summed E-state index contributed by atoms with van der Waals surface area (Å²) in [6, 6.07) is 20.3. The number of aromatic nitrogens is 4. The van der Waals surface area contributed by atoms with Crippen LogP contribution in [0.1, 0.15) is 0 Å². The van der Waals surface area contributed by atoms with E-state index in [2.05, 4.69) is 34.2 Å². The molecule has 4 nitrogen and oxygen atoms in total. The molecule has 2 aromatic carbocycles. The van der Waals surface area contributed by atoms with Crippen molar-refractivity contribution in [3.05, 3.63) is 85.5 Å². The summed E-state index contributed by atoms with van der Waals surface area (Å²) in [4.78, 5) is 17.8. The van der Waals surface area contributed by atoms with E-state index >= 15 is 0 Å². The lowest BCUT2D eigenvalue weighted by Gasteiger charge is -2.06. The molecule has 3 aromatic heterocycles. The zero-order valence-corrected chi connectivity index (χ0v) is 13.9. The van der Waals surface area contributed by atoms with E-state index in [0.717, 1.165) is 44.3 Å². The largest absolute Gasteiger partial charge is 0.265 e. The fourth-order valence-electron chi connectivity index (χ4n) is 3.12. The fourth-order valence-corrected chi connectivity index (χ4v) is 3.12. The lowest BCUT2D eigenvalue weighted by atomic mass is 10.1. The molecule has 0 bridgehead atoms. The quantitative estimate of drug-likeness (QED) is 0.431. The third-order valence-electron chi connectivity index (χ3n) is 4.46. The van der Waals surface area contributed by atoms with Crippen molar-refractivity contribution >= 4 is 22.1 Å². The van der Waals surface area contributed by atoms with Gasteiger partial charge in [-0.05, 0) is 70.8 Å². The maximum absolute atomic E-state index is 4.81. The van der Waals surface area contributed by atoms with Crippen LogP contribution in [-0.2, 0) is 0 Å². The number of fused-ring (bicyclic) bond motifs is 2. The van der Waals surface area contributed by atoms with E-state index in [1.165, 1.54) is 0 Å². The van der Waals surface area contributed by atoms with Crippen molar-refractivity contribution in [2.45, 2.75) is 0 Å². The summed E-state index contributed by atoms with van der Waals surface area (Å²) < 4.78 is 0. The molecule has 0 atom stereocenters. The van der Waals surface area contributed by atoms with Gasteiger partial charge in [0, 0.05) is 24.8 Å². The van der Waals surface area contributed by atoms with Crippen LogP contribution in [0.4, 0.5) is 0 Å². The Balaban J connectivity index is 1.65. The minimum atomic E-state index is 0.891. The second-order valence-corrected chi connectivity index (χ2v) is 6.10. The van der Waals surface area contributed by atoms with Gasteiger partial charge >= 0.3 is 0 Å². The molecule has 0 spiro atoms. The first-order valence-corrected chi connectivity index (χ1v) is 8.39. The topological polar surface area (TPSA) is 51.6 Å². The van der Waals surface area contributed by atoms with E-state index in [-0.39, 0.29) is 0 Å². The Morgan fingerprint density at radius 3 is 1.23 bits per heavy atom. The highest BCUT2D eigenvalue weighted by Crippen LogP contribution is 2.26. The summed E-state index contributed by atoms with van der Waals surface area (Å²) in [5, 5.41) is 0. The van der Waals surface area contributed by atoms with Crippen LogP contribution in [0.3, 0.4) is 0 Å². The number of hydrogen-bond donors (Lipinski definition) is 0. The molecule has 0 aliphatic rings. The van der Waals surface area contributed by atoms with E-state index in [9.17, 15) is 0 Å². The second kappa shape index (κ2) is 6.01. The smallest absolute Gasteiger partial charge is 0.0900 e. The van der Waals surface area contributed by atoms with Crippen molar-refractivity contribution in [3.63, 3.8) is 0 Å². The zero-order valence-electron chi connectivity index (χ0n) is 13.9. The van der Waals surface area contributed by atoms with Gasteiger partial charge in [0.2, 0.25) is 0 Å². The average Bonchev–Trinajstić information content (AvgIpc) is 2.73. The second-order valence-electron chi connectivity index (χ2n) is 6.10. The molecule has 26 heavy (non-hydrogen) atoms. The number of pyridine rings is 2. The first-order valence-electron chi connectivity index (χ1n) is 8.39. The molecule has 3 heterocycles. The van der Waals surface area contributed by atoms with Gasteiger partial charge in [-0.1, -0.05) is 12.1 Å². The van der Waals surface area contributed by atoms with Crippen LogP contribution in [0.15, 0.2) is 85.5 Å². The van der Waals surface area contributed by atoms with Crippen molar-refractivity contribution < 1.29 is 0 Å². The van der Waals surface area contributed by atoms with Crippen molar-refractivity contribution in [3.8, 4) is 22.3 Å². The Kier molecular flexibility index (Phi) is 3.39. The summed E-state index contributed by atoms with van der Waals surface area (Å²) in [7, 11) is 0. The summed E-state index contributed by atoms with van der Waals surface area (Å²) in [6.45, 7) is 0. The van der Waals surface area contributed by atoms with E-state index in [1.807, 2.05) is 36.4 Å². The molecule has 0 unspecified atom stereocenters. The van der Waals surface area contributed by atoms with Crippen molar-refractivity contribution in [1.82, 2.24) is 19.9 Å². The van der Waals surface area contributed by atoms with Gasteiger partial charge in [0.1, 0.15) is 0 Å². The Morgan fingerprint density at radius 2 is 0.808 bits per heavy atom. The molecule has 0 aliphatic heterocycles. The maximum atomic E-state index is 4.81. The van der Waals surface area contributed by atoms with Gasteiger partial charge in [0.25, 0.3) is 0 Å². The average molecular weight is 334 g/mol. The SMILES string of the molecule is c1cc(-c2ccc3nc4cc(-c5ccncc5)ccc4nc3c2)ccn1. The number of rotatable bonds is 2. The molecule has 0 fully saturated rings. The normalized spacial score (nSPS) is 11.1. The lowest BCUT2D eigenvalue weighted by molar-refractivity contribution is 1.33.